The van der Waals surface area contributed by atoms with E-state index < -0.39 is 0 Å². The number of rotatable bonds is 2. The fourth-order valence-electron chi connectivity index (χ4n) is 11.4. The number of fused-ring (bicyclic) bond motifs is 17. The normalized spacial score (nSPS) is 14.9. The lowest BCUT2D eigenvalue weighted by Gasteiger charge is -2.21. The van der Waals surface area contributed by atoms with Gasteiger partial charge >= 0.3 is 0 Å². The van der Waals surface area contributed by atoms with Gasteiger partial charge in [-0.15, -0.1) is 0 Å². The Hall–Kier alpha value is -7.44. The average molecular weight is 769 g/mol. The van der Waals surface area contributed by atoms with Crippen LogP contribution >= 0.6 is 0 Å². The number of benzene rings is 7. The van der Waals surface area contributed by atoms with Crippen LogP contribution in [-0.4, -0.2) is 29.1 Å². The molecule has 6 heteroatoms. The van der Waals surface area contributed by atoms with Crippen molar-refractivity contribution >= 4 is 54.6 Å². The van der Waals surface area contributed by atoms with E-state index in [0.29, 0.717) is 17.5 Å². The standard InChI is InChI=1S/C54H36N6/c1-53(2)37-21-11-7-19-35(37)43-39(53)27-25-33-29-15-9-13-23-41(29)59(48(33)43)51-55-46-31-17-5-6-18-32(31)47-45(46)50(57-51)58-52(56-47)60-42-24-14-10-16-30(42)34-26-28-40-44(49(34)60)36-20-8-12-22-38(36)54(40,3)4/h5-28H,1-4H3. The van der Waals surface area contributed by atoms with Crippen molar-refractivity contribution in [2.24, 2.45) is 0 Å². The molecule has 0 fully saturated rings. The first-order chi connectivity index (χ1) is 29.3. The Morgan fingerprint density at radius 3 is 1.23 bits per heavy atom. The molecule has 4 heterocycles. The Labute approximate surface area is 345 Å². The second-order valence-corrected chi connectivity index (χ2v) is 17.8. The molecule has 0 bridgehead atoms. The van der Waals surface area contributed by atoms with Crippen LogP contribution in [0.3, 0.4) is 0 Å². The Balaban J connectivity index is 1.12. The van der Waals surface area contributed by atoms with E-state index in [-0.39, 0.29) is 10.8 Å². The van der Waals surface area contributed by atoms with E-state index in [1.54, 1.807) is 0 Å². The summed E-state index contributed by atoms with van der Waals surface area (Å²) < 4.78 is 4.60. The molecule has 0 amide bonds. The third-order valence-corrected chi connectivity index (χ3v) is 14.1. The van der Waals surface area contributed by atoms with Gasteiger partial charge in [0.25, 0.3) is 0 Å². The maximum atomic E-state index is 5.53. The molecule has 6 nitrogen and oxygen atoms in total. The summed E-state index contributed by atoms with van der Waals surface area (Å²) in [6.45, 7) is 9.35. The smallest absolute Gasteiger partial charge is 0.237 e. The van der Waals surface area contributed by atoms with Gasteiger partial charge in [-0.25, -0.2) is 9.97 Å². The summed E-state index contributed by atoms with van der Waals surface area (Å²) in [6.07, 6.45) is 0. The van der Waals surface area contributed by atoms with Crippen LogP contribution in [0, 0.1) is 0 Å². The summed E-state index contributed by atoms with van der Waals surface area (Å²) in [7, 11) is 0. The lowest BCUT2D eigenvalue weighted by molar-refractivity contribution is 0.660. The number of para-hydroxylation sites is 2. The number of nitrogens with zero attached hydrogens (tertiary/aromatic N) is 6. The van der Waals surface area contributed by atoms with E-state index >= 15 is 0 Å². The zero-order valence-electron chi connectivity index (χ0n) is 33.5. The molecule has 0 radical (unpaired) electrons. The van der Waals surface area contributed by atoms with Crippen molar-refractivity contribution in [3.63, 3.8) is 0 Å². The summed E-state index contributed by atoms with van der Waals surface area (Å²) >= 11 is 0. The van der Waals surface area contributed by atoms with E-state index in [9.17, 15) is 0 Å². The molecular weight excluding hydrogens is 733 g/mol. The van der Waals surface area contributed by atoms with Crippen molar-refractivity contribution in [2.45, 2.75) is 38.5 Å². The van der Waals surface area contributed by atoms with Gasteiger partial charge in [0.1, 0.15) is 0 Å². The Bertz CT molecular complexity index is 3540. The summed E-state index contributed by atoms with van der Waals surface area (Å²) in [5.41, 5.74) is 18.8. The van der Waals surface area contributed by atoms with Crippen LogP contribution < -0.4 is 0 Å². The molecule has 0 saturated heterocycles. The maximum Gasteiger partial charge on any atom is 0.237 e. The number of aromatic nitrogens is 6. The molecule has 14 rings (SSSR count). The Morgan fingerprint density at radius 1 is 0.367 bits per heavy atom. The molecule has 0 atom stereocenters. The molecule has 60 heavy (non-hydrogen) atoms. The molecule has 0 spiro atoms. The van der Waals surface area contributed by atoms with Gasteiger partial charge in [0.2, 0.25) is 11.9 Å². The molecule has 4 aromatic heterocycles. The summed E-state index contributed by atoms with van der Waals surface area (Å²) in [5, 5.41) is 5.60. The fraction of sp³-hybridized carbons (Fsp3) is 0.111. The molecule has 282 valence electrons. The molecule has 11 aromatic rings. The van der Waals surface area contributed by atoms with Crippen molar-refractivity contribution in [2.75, 3.05) is 0 Å². The van der Waals surface area contributed by atoms with Crippen LogP contribution in [0.15, 0.2) is 146 Å². The maximum absolute atomic E-state index is 5.53. The Kier molecular flexibility index (Phi) is 5.84. The number of hydrogen-bond acceptors (Lipinski definition) is 4. The van der Waals surface area contributed by atoms with E-state index in [1.165, 1.54) is 66.1 Å². The third kappa shape index (κ3) is 3.77. The lowest BCUT2D eigenvalue weighted by Crippen LogP contribution is -2.14. The number of hydrogen-bond donors (Lipinski definition) is 0. The minimum absolute atomic E-state index is 0.159. The van der Waals surface area contributed by atoms with Gasteiger partial charge in [0.05, 0.1) is 38.8 Å². The van der Waals surface area contributed by atoms with Crippen molar-refractivity contribution < 1.29 is 0 Å². The molecule has 0 aliphatic heterocycles. The van der Waals surface area contributed by atoms with E-state index in [1.807, 2.05) is 0 Å². The van der Waals surface area contributed by atoms with Gasteiger partial charge < -0.3 is 0 Å². The molecule has 0 N–H and O–H groups in total. The van der Waals surface area contributed by atoms with Crippen LogP contribution in [0.2, 0.25) is 0 Å². The minimum atomic E-state index is -0.159. The highest BCUT2D eigenvalue weighted by Crippen LogP contribution is 2.55. The summed E-state index contributed by atoms with van der Waals surface area (Å²) in [5.74, 6) is 1.20. The molecule has 0 unspecified atom stereocenters. The molecule has 0 saturated carbocycles. The van der Waals surface area contributed by atoms with Gasteiger partial charge in [-0.05, 0) is 45.5 Å². The molecule has 7 aromatic carbocycles. The first kappa shape index (κ1) is 32.5. The van der Waals surface area contributed by atoms with Crippen LogP contribution in [-0.2, 0) is 10.8 Å². The minimum Gasteiger partial charge on any atom is -0.277 e. The average Bonchev–Trinajstić information content (AvgIpc) is 4.02. The highest BCUT2D eigenvalue weighted by atomic mass is 15.2. The van der Waals surface area contributed by atoms with Crippen molar-refractivity contribution in [1.29, 1.82) is 0 Å². The van der Waals surface area contributed by atoms with Crippen LogP contribution in [0.5, 0.6) is 0 Å². The van der Waals surface area contributed by atoms with Crippen molar-refractivity contribution in [3.8, 4) is 56.7 Å². The molecule has 3 aliphatic rings. The monoisotopic (exact) mass is 768 g/mol. The molecule has 3 aliphatic carbocycles. The molecular formula is C54H36N6. The van der Waals surface area contributed by atoms with Crippen LogP contribution in [0.4, 0.5) is 0 Å². The largest absolute Gasteiger partial charge is 0.277 e. The first-order valence-corrected chi connectivity index (χ1v) is 20.8. The zero-order valence-corrected chi connectivity index (χ0v) is 33.5. The van der Waals surface area contributed by atoms with Gasteiger partial charge in [0.15, 0.2) is 5.65 Å². The van der Waals surface area contributed by atoms with Gasteiger partial charge in [-0.1, -0.05) is 161 Å². The van der Waals surface area contributed by atoms with Gasteiger partial charge in [-0.2, -0.15) is 9.97 Å². The third-order valence-electron chi connectivity index (χ3n) is 14.1. The van der Waals surface area contributed by atoms with E-state index in [4.69, 9.17) is 19.9 Å². The van der Waals surface area contributed by atoms with E-state index in [2.05, 4.69) is 182 Å². The van der Waals surface area contributed by atoms with Gasteiger partial charge in [0, 0.05) is 54.6 Å². The van der Waals surface area contributed by atoms with Crippen molar-refractivity contribution in [1.82, 2.24) is 29.1 Å². The predicted molar refractivity (Wildman–Crippen MR) is 243 cm³/mol. The van der Waals surface area contributed by atoms with E-state index in [0.717, 1.165) is 50.0 Å². The Morgan fingerprint density at radius 2 is 0.767 bits per heavy atom. The highest BCUT2D eigenvalue weighted by molar-refractivity contribution is 6.18. The van der Waals surface area contributed by atoms with Crippen LogP contribution in [0.25, 0.3) is 111 Å². The highest BCUT2D eigenvalue weighted by Gasteiger charge is 2.40. The second-order valence-electron chi connectivity index (χ2n) is 17.8. The van der Waals surface area contributed by atoms with Crippen LogP contribution in [0.1, 0.15) is 49.9 Å². The second kappa shape index (κ2) is 10.8. The van der Waals surface area contributed by atoms with Crippen molar-refractivity contribution in [3.05, 3.63) is 168 Å². The topological polar surface area (TPSA) is 61.4 Å². The predicted octanol–water partition coefficient (Wildman–Crippen LogP) is 12.9. The first-order valence-electron chi connectivity index (χ1n) is 20.8. The van der Waals surface area contributed by atoms with Gasteiger partial charge in [-0.3, -0.25) is 9.13 Å². The quantitative estimate of drug-likeness (QED) is 0.176. The zero-order chi connectivity index (χ0) is 39.8. The lowest BCUT2D eigenvalue weighted by atomic mass is 9.82. The fourth-order valence-corrected chi connectivity index (χ4v) is 11.4. The SMILES string of the molecule is CC1(C)c2ccccc2-c2c1ccc1c3ccccc3n(-c3nc4c5c(nc(-n6c7ccccc7c7ccc8c(c76)-c6ccccc6C8(C)C)nc5n3)-c3ccccc3-4)c21. The summed E-state index contributed by atoms with van der Waals surface area (Å²) in [4.78, 5) is 22.1. The summed E-state index contributed by atoms with van der Waals surface area (Å²) in [6, 6.07) is 52.8.